The lowest BCUT2D eigenvalue weighted by atomic mass is 9.89. The van der Waals surface area contributed by atoms with Crippen LogP contribution in [-0.4, -0.2) is 46.3 Å². The summed E-state index contributed by atoms with van der Waals surface area (Å²) >= 11 is 0. The fraction of sp³-hybridized carbons (Fsp3) is 0.444. The second kappa shape index (κ2) is 8.98. The van der Waals surface area contributed by atoms with Gasteiger partial charge >= 0.3 is 23.9 Å². The molecule has 1 aromatic carbocycles. The molecule has 0 unspecified atom stereocenters. The molecule has 0 spiro atoms. The van der Waals surface area contributed by atoms with Crippen LogP contribution in [0.1, 0.15) is 59.5 Å². The third-order valence-corrected chi connectivity index (χ3v) is 3.61. The molecule has 142 valence electrons. The zero-order valence-corrected chi connectivity index (χ0v) is 15.1. The van der Waals surface area contributed by atoms with E-state index in [1.54, 1.807) is 13.8 Å². The number of aromatic carboxylic acids is 2. The third-order valence-electron chi connectivity index (χ3n) is 3.61. The first-order valence-corrected chi connectivity index (χ1v) is 7.98. The summed E-state index contributed by atoms with van der Waals surface area (Å²) in [5.74, 6) is -3.51. The molecular formula is C18H22O8. The second-order valence-corrected chi connectivity index (χ2v) is 5.98. The zero-order valence-electron chi connectivity index (χ0n) is 15.1. The molecule has 0 amide bonds. The predicted octanol–water partition coefficient (Wildman–Crippen LogP) is 2.07. The van der Waals surface area contributed by atoms with Crippen LogP contribution >= 0.6 is 0 Å². The van der Waals surface area contributed by atoms with Crippen LogP contribution in [0.4, 0.5) is 0 Å². The number of rotatable bonds is 8. The topological polar surface area (TPSA) is 127 Å². The smallest absolute Gasteiger partial charge is 0.335 e. The Bertz CT molecular complexity index is 661. The van der Waals surface area contributed by atoms with Gasteiger partial charge in [0, 0.05) is 26.7 Å². The molecule has 0 aliphatic heterocycles. The van der Waals surface area contributed by atoms with E-state index in [9.17, 15) is 29.4 Å². The highest BCUT2D eigenvalue weighted by molar-refractivity contribution is 5.95. The predicted molar refractivity (Wildman–Crippen MR) is 90.2 cm³/mol. The molecule has 1 aromatic rings. The van der Waals surface area contributed by atoms with Gasteiger partial charge in [0.1, 0.15) is 12.2 Å². The van der Waals surface area contributed by atoms with Crippen molar-refractivity contribution in [3.63, 3.8) is 0 Å². The number of hydrogen-bond donors (Lipinski definition) is 2. The summed E-state index contributed by atoms with van der Waals surface area (Å²) in [7, 11) is 0. The molecule has 0 fully saturated rings. The maximum absolute atomic E-state index is 11.6. The number of carboxylic acid groups (broad SMARTS) is 2. The molecule has 2 N–H and O–H groups in total. The van der Waals surface area contributed by atoms with E-state index in [0.717, 1.165) is 0 Å². The molecule has 0 radical (unpaired) electrons. The summed E-state index contributed by atoms with van der Waals surface area (Å²) < 4.78 is 10.1. The van der Waals surface area contributed by atoms with Crippen molar-refractivity contribution >= 4 is 23.9 Å². The standard InChI is InChI=1S/C18H22O8/c1-9(25-11(3)19)7-15-13(17(21)22)5-6-14(18(23)24)16(15)8-10(2)26-12(4)20/h5-6,9-10H,7-8H2,1-4H3,(H,21,22)(H,23,24)/t9-,10-/m0/s1. The summed E-state index contributed by atoms with van der Waals surface area (Å²) in [6.45, 7) is 5.62. The van der Waals surface area contributed by atoms with Gasteiger partial charge in [0.2, 0.25) is 0 Å². The van der Waals surface area contributed by atoms with Crippen LogP contribution in [0.3, 0.4) is 0 Å². The lowest BCUT2D eigenvalue weighted by Crippen LogP contribution is -2.23. The molecule has 0 aliphatic carbocycles. The van der Waals surface area contributed by atoms with E-state index >= 15 is 0 Å². The molecule has 0 aliphatic rings. The van der Waals surface area contributed by atoms with Gasteiger partial charge in [0.15, 0.2) is 0 Å². The molecule has 0 saturated heterocycles. The van der Waals surface area contributed by atoms with Crippen LogP contribution in [0.5, 0.6) is 0 Å². The van der Waals surface area contributed by atoms with E-state index in [1.807, 2.05) is 0 Å². The molecular weight excluding hydrogens is 344 g/mol. The zero-order chi connectivity index (χ0) is 20.0. The minimum absolute atomic E-state index is 0.0183. The Balaban J connectivity index is 3.44. The minimum Gasteiger partial charge on any atom is -0.478 e. The molecule has 0 saturated carbocycles. The molecule has 0 aromatic heterocycles. The van der Waals surface area contributed by atoms with Crippen molar-refractivity contribution < 1.29 is 38.9 Å². The molecule has 26 heavy (non-hydrogen) atoms. The molecule has 8 heteroatoms. The van der Waals surface area contributed by atoms with E-state index in [-0.39, 0.29) is 35.1 Å². The average molecular weight is 366 g/mol. The number of benzene rings is 1. The lowest BCUT2D eigenvalue weighted by Gasteiger charge is -2.21. The Morgan fingerprint density at radius 1 is 0.808 bits per heavy atom. The van der Waals surface area contributed by atoms with Gasteiger partial charge in [0.05, 0.1) is 11.1 Å². The van der Waals surface area contributed by atoms with Gasteiger partial charge < -0.3 is 19.7 Å². The number of esters is 2. The highest BCUT2D eigenvalue weighted by Crippen LogP contribution is 2.25. The van der Waals surface area contributed by atoms with Crippen molar-refractivity contribution in [3.8, 4) is 0 Å². The summed E-state index contributed by atoms with van der Waals surface area (Å²) in [5, 5.41) is 18.9. The Labute approximate surface area is 150 Å². The Hall–Kier alpha value is -2.90. The lowest BCUT2D eigenvalue weighted by molar-refractivity contribution is -0.146. The number of carbonyl (C=O) groups is 4. The Morgan fingerprint density at radius 3 is 1.35 bits per heavy atom. The van der Waals surface area contributed by atoms with Crippen molar-refractivity contribution in [2.75, 3.05) is 0 Å². The summed E-state index contributed by atoms with van der Waals surface area (Å²) in [6, 6.07) is 2.42. The van der Waals surface area contributed by atoms with Gasteiger partial charge in [-0.25, -0.2) is 9.59 Å². The number of carboxylic acids is 2. The first-order chi connectivity index (χ1) is 12.0. The summed E-state index contributed by atoms with van der Waals surface area (Å²) in [4.78, 5) is 45.4. The summed E-state index contributed by atoms with van der Waals surface area (Å²) in [5.41, 5.74) is 0.313. The van der Waals surface area contributed by atoms with Crippen LogP contribution in [-0.2, 0) is 31.9 Å². The molecule has 0 bridgehead atoms. The maximum Gasteiger partial charge on any atom is 0.335 e. The highest BCUT2D eigenvalue weighted by atomic mass is 16.5. The Morgan fingerprint density at radius 2 is 1.12 bits per heavy atom. The van der Waals surface area contributed by atoms with E-state index in [4.69, 9.17) is 9.47 Å². The normalized spacial score (nSPS) is 12.8. The number of hydrogen-bond acceptors (Lipinski definition) is 6. The number of ether oxygens (including phenoxy) is 2. The van der Waals surface area contributed by atoms with Gasteiger partial charge in [-0.05, 0) is 37.1 Å². The van der Waals surface area contributed by atoms with Crippen molar-refractivity contribution in [3.05, 3.63) is 34.4 Å². The van der Waals surface area contributed by atoms with Crippen molar-refractivity contribution in [1.82, 2.24) is 0 Å². The van der Waals surface area contributed by atoms with E-state index in [2.05, 4.69) is 0 Å². The average Bonchev–Trinajstić information content (AvgIpc) is 2.46. The minimum atomic E-state index is -1.23. The van der Waals surface area contributed by atoms with Crippen molar-refractivity contribution in [1.29, 1.82) is 0 Å². The van der Waals surface area contributed by atoms with Crippen molar-refractivity contribution in [2.45, 2.75) is 52.7 Å². The van der Waals surface area contributed by atoms with Crippen molar-refractivity contribution in [2.24, 2.45) is 0 Å². The summed E-state index contributed by atoms with van der Waals surface area (Å²) in [6.07, 6.45) is -1.27. The van der Waals surface area contributed by atoms with Crippen LogP contribution in [0, 0.1) is 0 Å². The first-order valence-electron chi connectivity index (χ1n) is 7.98. The van der Waals surface area contributed by atoms with Crippen LogP contribution in [0.2, 0.25) is 0 Å². The molecule has 0 heterocycles. The monoisotopic (exact) mass is 366 g/mol. The van der Waals surface area contributed by atoms with Crippen LogP contribution in [0.25, 0.3) is 0 Å². The second-order valence-electron chi connectivity index (χ2n) is 5.98. The number of carbonyl (C=O) groups excluding carboxylic acids is 2. The van der Waals surface area contributed by atoms with Gasteiger partial charge in [0.25, 0.3) is 0 Å². The maximum atomic E-state index is 11.6. The van der Waals surface area contributed by atoms with Crippen LogP contribution < -0.4 is 0 Å². The van der Waals surface area contributed by atoms with Gasteiger partial charge in [-0.2, -0.15) is 0 Å². The van der Waals surface area contributed by atoms with E-state index in [1.165, 1.54) is 26.0 Å². The quantitative estimate of drug-likeness (QED) is 0.669. The fourth-order valence-corrected chi connectivity index (χ4v) is 2.78. The highest BCUT2D eigenvalue weighted by Gasteiger charge is 2.24. The van der Waals surface area contributed by atoms with E-state index < -0.39 is 36.1 Å². The van der Waals surface area contributed by atoms with Gasteiger partial charge in [-0.3, -0.25) is 9.59 Å². The fourth-order valence-electron chi connectivity index (χ4n) is 2.78. The Kier molecular flexibility index (Phi) is 7.30. The first kappa shape index (κ1) is 21.1. The molecule has 1 rings (SSSR count). The van der Waals surface area contributed by atoms with E-state index in [0.29, 0.717) is 0 Å². The van der Waals surface area contributed by atoms with Gasteiger partial charge in [-0.1, -0.05) is 0 Å². The molecule has 8 nitrogen and oxygen atoms in total. The van der Waals surface area contributed by atoms with Gasteiger partial charge in [-0.15, -0.1) is 0 Å². The van der Waals surface area contributed by atoms with Crippen LogP contribution in [0.15, 0.2) is 12.1 Å². The SMILES string of the molecule is CC(=O)O[C@@H](C)Cc1c(C(=O)O)ccc(C(=O)O)c1C[C@H](C)OC(C)=O. The third kappa shape index (κ3) is 5.87. The largest absolute Gasteiger partial charge is 0.478 e. The molecule has 2 atom stereocenters.